The van der Waals surface area contributed by atoms with Crippen LogP contribution < -0.4 is 4.74 Å². The molecule has 7 heteroatoms. The number of amides is 1. The number of methoxy groups -OCH3 is 1. The first kappa shape index (κ1) is 16.8. The third kappa shape index (κ3) is 5.40. The van der Waals surface area contributed by atoms with E-state index in [0.29, 0.717) is 17.1 Å². The molecule has 0 aliphatic heterocycles. The Morgan fingerprint density at radius 3 is 2.55 bits per heavy atom. The van der Waals surface area contributed by atoms with Crippen molar-refractivity contribution in [2.24, 2.45) is 0 Å². The molecule has 0 spiro atoms. The fraction of sp³-hybridized carbons (Fsp3) is 0.462. The van der Waals surface area contributed by atoms with Crippen molar-refractivity contribution in [1.82, 2.24) is 4.90 Å². The van der Waals surface area contributed by atoms with Gasteiger partial charge in [-0.3, -0.25) is 4.79 Å². The molecule has 20 heavy (non-hydrogen) atoms. The predicted octanol–water partition coefficient (Wildman–Crippen LogP) is 3.41. The summed E-state index contributed by atoms with van der Waals surface area (Å²) in [5, 5.41) is 0. The Balaban J connectivity index is 2.54. The normalized spacial score (nSPS) is 11.3. The zero-order valence-electron chi connectivity index (χ0n) is 11.1. The molecule has 0 aliphatic carbocycles. The van der Waals surface area contributed by atoms with Crippen LogP contribution in [0.5, 0.6) is 5.75 Å². The summed E-state index contributed by atoms with van der Waals surface area (Å²) in [5.41, 5.74) is 0.853. The summed E-state index contributed by atoms with van der Waals surface area (Å²) in [6.07, 6.45) is -3.96. The number of hydrogen-bond acceptors (Lipinski definition) is 2. The molecule has 1 aromatic carbocycles. The van der Waals surface area contributed by atoms with Crippen LogP contribution in [0.2, 0.25) is 0 Å². The molecule has 0 aliphatic rings. The molecule has 1 rings (SSSR count). The molecule has 0 unspecified atom stereocenters. The van der Waals surface area contributed by atoms with Crippen LogP contribution in [0.4, 0.5) is 13.2 Å². The maximum atomic E-state index is 12.2. The van der Waals surface area contributed by atoms with E-state index in [1.54, 1.807) is 18.2 Å². The standard InChI is InChI=1S/C13H15BrF3NO2/c1-18(8-13(15,16)17)12(19)6-4-9-3-5-11(20-2)10(14)7-9/h3,5,7H,4,6,8H2,1-2H3. The van der Waals surface area contributed by atoms with Crippen LogP contribution in [0.1, 0.15) is 12.0 Å². The highest BCUT2D eigenvalue weighted by Crippen LogP contribution is 2.26. The van der Waals surface area contributed by atoms with Crippen molar-refractivity contribution in [3.8, 4) is 5.75 Å². The SMILES string of the molecule is COc1ccc(CCC(=O)N(C)CC(F)(F)F)cc1Br. The van der Waals surface area contributed by atoms with E-state index >= 15 is 0 Å². The lowest BCUT2D eigenvalue weighted by Gasteiger charge is -2.18. The van der Waals surface area contributed by atoms with Crippen LogP contribution in [-0.2, 0) is 11.2 Å². The van der Waals surface area contributed by atoms with E-state index in [1.165, 1.54) is 7.11 Å². The third-order valence-corrected chi connectivity index (χ3v) is 3.31. The topological polar surface area (TPSA) is 29.5 Å². The van der Waals surface area contributed by atoms with Gasteiger partial charge in [0.05, 0.1) is 11.6 Å². The quantitative estimate of drug-likeness (QED) is 0.811. The van der Waals surface area contributed by atoms with Gasteiger partial charge >= 0.3 is 6.18 Å². The minimum atomic E-state index is -4.37. The van der Waals surface area contributed by atoms with Crippen molar-refractivity contribution in [2.75, 3.05) is 20.7 Å². The molecule has 0 aromatic heterocycles. The Hall–Kier alpha value is -1.24. The number of nitrogens with zero attached hydrogens (tertiary/aromatic N) is 1. The largest absolute Gasteiger partial charge is 0.496 e. The third-order valence-electron chi connectivity index (χ3n) is 2.69. The Kier molecular flexibility index (Phi) is 5.86. The van der Waals surface area contributed by atoms with E-state index in [1.807, 2.05) is 0 Å². The number of ether oxygens (including phenoxy) is 1. The van der Waals surface area contributed by atoms with Gasteiger partial charge in [0, 0.05) is 13.5 Å². The van der Waals surface area contributed by atoms with Gasteiger partial charge in [-0.15, -0.1) is 0 Å². The van der Waals surface area contributed by atoms with Crippen LogP contribution in [-0.4, -0.2) is 37.7 Å². The summed E-state index contributed by atoms with van der Waals surface area (Å²) in [6, 6.07) is 5.31. The average molecular weight is 354 g/mol. The molecule has 0 heterocycles. The summed E-state index contributed by atoms with van der Waals surface area (Å²) in [7, 11) is 2.69. The Labute approximate surface area is 123 Å². The molecule has 3 nitrogen and oxygen atoms in total. The van der Waals surface area contributed by atoms with E-state index in [0.717, 1.165) is 17.1 Å². The molecule has 0 fully saturated rings. The first-order chi connectivity index (χ1) is 9.23. The van der Waals surface area contributed by atoms with E-state index in [9.17, 15) is 18.0 Å². The van der Waals surface area contributed by atoms with Crippen LogP contribution in [0.15, 0.2) is 22.7 Å². The maximum absolute atomic E-state index is 12.2. The second kappa shape index (κ2) is 6.97. The Bertz CT molecular complexity index is 477. The van der Waals surface area contributed by atoms with Gasteiger partial charge in [0.25, 0.3) is 0 Å². The number of aryl methyl sites for hydroxylation is 1. The molecule has 0 saturated carbocycles. The second-order valence-electron chi connectivity index (χ2n) is 4.33. The summed E-state index contributed by atoms with van der Waals surface area (Å²) in [6.45, 7) is -1.22. The number of hydrogen-bond donors (Lipinski definition) is 0. The van der Waals surface area contributed by atoms with Gasteiger partial charge in [-0.1, -0.05) is 6.07 Å². The van der Waals surface area contributed by atoms with Crippen molar-refractivity contribution in [3.05, 3.63) is 28.2 Å². The molecule has 0 bridgehead atoms. The molecule has 112 valence electrons. The lowest BCUT2D eigenvalue weighted by Crippen LogP contribution is -2.35. The molecule has 0 atom stereocenters. The highest BCUT2D eigenvalue weighted by atomic mass is 79.9. The van der Waals surface area contributed by atoms with Gasteiger partial charge in [0.1, 0.15) is 12.3 Å². The van der Waals surface area contributed by atoms with Gasteiger partial charge in [-0.2, -0.15) is 13.2 Å². The zero-order chi connectivity index (χ0) is 15.3. The molecule has 1 amide bonds. The molecule has 1 aromatic rings. The van der Waals surface area contributed by atoms with Crippen LogP contribution in [0, 0.1) is 0 Å². The summed E-state index contributed by atoms with van der Waals surface area (Å²) in [5.74, 6) is 0.128. The fourth-order valence-electron chi connectivity index (χ4n) is 1.66. The van der Waals surface area contributed by atoms with Gasteiger partial charge in [-0.25, -0.2) is 0 Å². The van der Waals surface area contributed by atoms with Crippen LogP contribution in [0.3, 0.4) is 0 Å². The molecule has 0 saturated heterocycles. The van der Waals surface area contributed by atoms with Gasteiger partial charge in [0.2, 0.25) is 5.91 Å². The highest BCUT2D eigenvalue weighted by Gasteiger charge is 2.30. The minimum absolute atomic E-state index is 0.0331. The summed E-state index contributed by atoms with van der Waals surface area (Å²) < 4.78 is 42.3. The van der Waals surface area contributed by atoms with E-state index in [2.05, 4.69) is 15.9 Å². The lowest BCUT2D eigenvalue weighted by molar-refractivity contribution is -0.158. The average Bonchev–Trinajstić information content (AvgIpc) is 2.34. The molecule has 0 radical (unpaired) electrons. The summed E-state index contributed by atoms with van der Waals surface area (Å²) in [4.78, 5) is 12.3. The number of alkyl halides is 3. The van der Waals surface area contributed by atoms with E-state index < -0.39 is 18.6 Å². The summed E-state index contributed by atoms with van der Waals surface area (Å²) >= 11 is 3.31. The van der Waals surface area contributed by atoms with Crippen molar-refractivity contribution >= 4 is 21.8 Å². The van der Waals surface area contributed by atoms with Crippen molar-refractivity contribution < 1.29 is 22.7 Å². The number of carbonyl (C=O) groups excluding carboxylic acids is 1. The number of carbonyl (C=O) groups is 1. The van der Waals surface area contributed by atoms with Gasteiger partial charge < -0.3 is 9.64 Å². The van der Waals surface area contributed by atoms with Crippen molar-refractivity contribution in [1.29, 1.82) is 0 Å². The second-order valence-corrected chi connectivity index (χ2v) is 5.19. The lowest BCUT2D eigenvalue weighted by atomic mass is 10.1. The number of benzene rings is 1. The van der Waals surface area contributed by atoms with Crippen LogP contribution in [0.25, 0.3) is 0 Å². The van der Waals surface area contributed by atoms with E-state index in [-0.39, 0.29) is 6.42 Å². The van der Waals surface area contributed by atoms with Crippen molar-refractivity contribution in [3.63, 3.8) is 0 Å². The number of halogens is 4. The molecule has 0 N–H and O–H groups in total. The highest BCUT2D eigenvalue weighted by molar-refractivity contribution is 9.10. The van der Waals surface area contributed by atoms with E-state index in [4.69, 9.17) is 4.74 Å². The first-order valence-corrected chi connectivity index (χ1v) is 6.65. The first-order valence-electron chi connectivity index (χ1n) is 5.86. The minimum Gasteiger partial charge on any atom is -0.496 e. The van der Waals surface area contributed by atoms with Gasteiger partial charge in [-0.05, 0) is 40.0 Å². The predicted molar refractivity (Wildman–Crippen MR) is 72.7 cm³/mol. The smallest absolute Gasteiger partial charge is 0.406 e. The Morgan fingerprint density at radius 1 is 1.40 bits per heavy atom. The maximum Gasteiger partial charge on any atom is 0.406 e. The molecular formula is C13H15BrF3NO2. The van der Waals surface area contributed by atoms with Gasteiger partial charge in [0.15, 0.2) is 0 Å². The molecular weight excluding hydrogens is 339 g/mol. The number of rotatable bonds is 5. The fourth-order valence-corrected chi connectivity index (χ4v) is 2.25. The Morgan fingerprint density at radius 2 is 2.05 bits per heavy atom. The van der Waals surface area contributed by atoms with Crippen LogP contribution >= 0.6 is 15.9 Å². The van der Waals surface area contributed by atoms with Crippen molar-refractivity contribution in [2.45, 2.75) is 19.0 Å². The zero-order valence-corrected chi connectivity index (χ0v) is 12.7. The monoisotopic (exact) mass is 353 g/mol.